The summed E-state index contributed by atoms with van der Waals surface area (Å²) in [7, 11) is 0. The molecule has 0 aliphatic heterocycles. The molecule has 1 aromatic rings. The van der Waals surface area contributed by atoms with Gasteiger partial charge in [0, 0.05) is 5.75 Å². The molecule has 14 heavy (non-hydrogen) atoms. The van der Waals surface area contributed by atoms with E-state index in [1.54, 1.807) is 6.07 Å². The molecule has 0 amide bonds. The van der Waals surface area contributed by atoms with Gasteiger partial charge in [0.15, 0.2) is 0 Å². The van der Waals surface area contributed by atoms with Crippen molar-refractivity contribution in [2.24, 2.45) is 5.92 Å². The minimum atomic E-state index is 0.391. The molecule has 0 aliphatic rings. The molecule has 0 radical (unpaired) electrons. The maximum absolute atomic E-state index is 9.35. The molecule has 0 saturated heterocycles. The van der Waals surface area contributed by atoms with Gasteiger partial charge in [-0.05, 0) is 35.8 Å². The molecule has 1 aromatic carbocycles. The number of phenolic OH excluding ortho intramolecular Hbond substituents is 1. The molecule has 0 fully saturated rings. The fraction of sp³-hybridized carbons (Fsp3) is 0.500. The zero-order valence-corrected chi connectivity index (χ0v) is 9.90. The smallest absolute Gasteiger partial charge is 0.118 e. The lowest BCUT2D eigenvalue weighted by molar-refractivity contribution is 0.471. The number of hydrogen-bond donors (Lipinski definition) is 1. The van der Waals surface area contributed by atoms with Gasteiger partial charge in [-0.2, -0.15) is 11.8 Å². The first-order chi connectivity index (χ1) is 6.59. The Labute approximate surface area is 90.5 Å². The third-order valence-corrected chi connectivity index (χ3v) is 3.42. The fourth-order valence-electron chi connectivity index (χ4n) is 1.22. The topological polar surface area (TPSA) is 20.2 Å². The van der Waals surface area contributed by atoms with E-state index in [2.05, 4.69) is 19.9 Å². The lowest BCUT2D eigenvalue weighted by Gasteiger charge is -2.06. The van der Waals surface area contributed by atoms with Crippen molar-refractivity contribution in [1.29, 1.82) is 0 Å². The van der Waals surface area contributed by atoms with Crippen LogP contribution in [0.5, 0.6) is 5.75 Å². The first-order valence-electron chi connectivity index (χ1n) is 4.96. The van der Waals surface area contributed by atoms with Gasteiger partial charge >= 0.3 is 0 Å². The van der Waals surface area contributed by atoms with Gasteiger partial charge in [0.2, 0.25) is 0 Å². The Hall–Kier alpha value is -0.630. The van der Waals surface area contributed by atoms with Crippen molar-refractivity contribution in [2.75, 3.05) is 5.75 Å². The Morgan fingerprint density at radius 3 is 2.64 bits per heavy atom. The molecule has 0 unspecified atom stereocenters. The summed E-state index contributed by atoms with van der Waals surface area (Å²) in [6.07, 6.45) is 0. The van der Waals surface area contributed by atoms with Crippen LogP contribution in [0.2, 0.25) is 0 Å². The highest BCUT2D eigenvalue weighted by molar-refractivity contribution is 7.98. The summed E-state index contributed by atoms with van der Waals surface area (Å²) in [4.78, 5) is 0. The van der Waals surface area contributed by atoms with E-state index in [1.807, 2.05) is 24.8 Å². The van der Waals surface area contributed by atoms with E-state index in [-0.39, 0.29) is 0 Å². The van der Waals surface area contributed by atoms with E-state index in [0.29, 0.717) is 5.75 Å². The Kier molecular flexibility index (Phi) is 4.33. The quantitative estimate of drug-likeness (QED) is 0.819. The van der Waals surface area contributed by atoms with Gasteiger partial charge in [-0.3, -0.25) is 0 Å². The van der Waals surface area contributed by atoms with Gasteiger partial charge in [-0.1, -0.05) is 26.0 Å². The Bertz CT molecular complexity index is 294. The summed E-state index contributed by atoms with van der Waals surface area (Å²) in [6.45, 7) is 6.40. The highest BCUT2D eigenvalue weighted by Gasteiger charge is 1.99. The third kappa shape index (κ3) is 3.62. The number of thioether (sulfide) groups is 1. The van der Waals surface area contributed by atoms with Gasteiger partial charge < -0.3 is 5.11 Å². The van der Waals surface area contributed by atoms with Crippen LogP contribution in [0.15, 0.2) is 18.2 Å². The second-order valence-corrected chi connectivity index (χ2v) is 5.06. The summed E-state index contributed by atoms with van der Waals surface area (Å²) in [5.41, 5.74) is 2.26. The molecule has 0 spiro atoms. The zero-order chi connectivity index (χ0) is 10.6. The third-order valence-electron chi connectivity index (χ3n) is 1.98. The Morgan fingerprint density at radius 1 is 1.36 bits per heavy atom. The summed E-state index contributed by atoms with van der Waals surface area (Å²) >= 11 is 1.95. The molecule has 0 aliphatic carbocycles. The largest absolute Gasteiger partial charge is 0.508 e. The van der Waals surface area contributed by atoms with Crippen LogP contribution in [-0.4, -0.2) is 10.9 Å². The highest BCUT2D eigenvalue weighted by Crippen LogP contribution is 2.21. The van der Waals surface area contributed by atoms with Crippen molar-refractivity contribution in [3.63, 3.8) is 0 Å². The van der Waals surface area contributed by atoms with Crippen molar-refractivity contribution < 1.29 is 5.11 Å². The van der Waals surface area contributed by atoms with Crippen LogP contribution in [0, 0.1) is 12.8 Å². The van der Waals surface area contributed by atoms with Crippen LogP contribution < -0.4 is 0 Å². The van der Waals surface area contributed by atoms with Gasteiger partial charge in [0.05, 0.1) is 0 Å². The van der Waals surface area contributed by atoms with Gasteiger partial charge in [-0.25, -0.2) is 0 Å². The molecule has 0 atom stereocenters. The molecule has 0 saturated carbocycles. The predicted molar refractivity (Wildman–Crippen MR) is 63.8 cm³/mol. The summed E-state index contributed by atoms with van der Waals surface area (Å²) in [5.74, 6) is 3.37. The fourth-order valence-corrected chi connectivity index (χ4v) is 2.22. The number of aryl methyl sites for hydroxylation is 1. The summed E-state index contributed by atoms with van der Waals surface area (Å²) in [5, 5.41) is 9.35. The molecule has 0 aromatic heterocycles. The van der Waals surface area contributed by atoms with Crippen molar-refractivity contribution in [3.8, 4) is 5.75 Å². The van der Waals surface area contributed by atoms with Crippen molar-refractivity contribution in [1.82, 2.24) is 0 Å². The van der Waals surface area contributed by atoms with Gasteiger partial charge in [0.25, 0.3) is 0 Å². The molecular formula is C12H18OS. The number of phenols is 1. The molecule has 1 nitrogen and oxygen atoms in total. The van der Waals surface area contributed by atoms with E-state index >= 15 is 0 Å². The van der Waals surface area contributed by atoms with E-state index in [9.17, 15) is 5.11 Å². The van der Waals surface area contributed by atoms with Crippen LogP contribution in [0.4, 0.5) is 0 Å². The first kappa shape index (κ1) is 11.4. The Morgan fingerprint density at radius 2 is 2.07 bits per heavy atom. The SMILES string of the molecule is Cc1cc(CSCC(C)C)ccc1O. The monoisotopic (exact) mass is 210 g/mol. The summed E-state index contributed by atoms with van der Waals surface area (Å²) in [6, 6.07) is 5.83. The molecule has 0 bridgehead atoms. The number of rotatable bonds is 4. The second kappa shape index (κ2) is 5.30. The molecule has 78 valence electrons. The van der Waals surface area contributed by atoms with E-state index in [0.717, 1.165) is 17.2 Å². The maximum atomic E-state index is 9.35. The molecule has 0 heterocycles. The number of aromatic hydroxyl groups is 1. The number of hydrogen-bond acceptors (Lipinski definition) is 2. The predicted octanol–water partition coefficient (Wildman–Crippen LogP) is 3.59. The summed E-state index contributed by atoms with van der Waals surface area (Å²) < 4.78 is 0. The molecular weight excluding hydrogens is 192 g/mol. The molecule has 2 heteroatoms. The van der Waals surface area contributed by atoms with Crippen LogP contribution in [-0.2, 0) is 5.75 Å². The lowest BCUT2D eigenvalue weighted by atomic mass is 10.1. The molecule has 1 rings (SSSR count). The normalized spacial score (nSPS) is 10.9. The average Bonchev–Trinajstić information content (AvgIpc) is 2.10. The van der Waals surface area contributed by atoms with Crippen LogP contribution in [0.3, 0.4) is 0 Å². The first-order valence-corrected chi connectivity index (χ1v) is 6.11. The van der Waals surface area contributed by atoms with Crippen LogP contribution in [0.25, 0.3) is 0 Å². The highest BCUT2D eigenvalue weighted by atomic mass is 32.2. The lowest BCUT2D eigenvalue weighted by Crippen LogP contribution is -1.91. The standard InChI is InChI=1S/C12H18OS/c1-9(2)7-14-8-11-4-5-12(13)10(3)6-11/h4-6,9,13H,7-8H2,1-3H3. The van der Waals surface area contributed by atoms with Gasteiger partial charge in [0.1, 0.15) is 5.75 Å². The minimum Gasteiger partial charge on any atom is -0.508 e. The van der Waals surface area contributed by atoms with Crippen LogP contribution >= 0.6 is 11.8 Å². The zero-order valence-electron chi connectivity index (χ0n) is 9.08. The van der Waals surface area contributed by atoms with Gasteiger partial charge in [-0.15, -0.1) is 0 Å². The van der Waals surface area contributed by atoms with Crippen molar-refractivity contribution in [2.45, 2.75) is 26.5 Å². The minimum absolute atomic E-state index is 0.391. The van der Waals surface area contributed by atoms with E-state index in [4.69, 9.17) is 0 Å². The second-order valence-electron chi connectivity index (χ2n) is 4.03. The van der Waals surface area contributed by atoms with Crippen LogP contribution in [0.1, 0.15) is 25.0 Å². The van der Waals surface area contributed by atoms with E-state index < -0.39 is 0 Å². The van der Waals surface area contributed by atoms with E-state index in [1.165, 1.54) is 11.3 Å². The van der Waals surface area contributed by atoms with Crippen molar-refractivity contribution in [3.05, 3.63) is 29.3 Å². The number of benzene rings is 1. The van der Waals surface area contributed by atoms with Crippen molar-refractivity contribution >= 4 is 11.8 Å². The maximum Gasteiger partial charge on any atom is 0.118 e. The average molecular weight is 210 g/mol. The molecule has 1 N–H and O–H groups in total. The Balaban J connectivity index is 2.47.